The lowest BCUT2D eigenvalue weighted by molar-refractivity contribution is -0.159. The first-order valence-electron chi connectivity index (χ1n) is 5.90. The molecule has 1 amide bonds. The van der Waals surface area contributed by atoms with Crippen molar-refractivity contribution in [2.75, 3.05) is 19.7 Å². The molecule has 1 aliphatic rings. The molecule has 0 atom stereocenters. The van der Waals surface area contributed by atoms with Crippen LogP contribution in [0.3, 0.4) is 0 Å². The van der Waals surface area contributed by atoms with Gasteiger partial charge in [-0.05, 0) is 25.1 Å². The Kier molecular flexibility index (Phi) is 4.36. The highest BCUT2D eigenvalue weighted by Gasteiger charge is 2.43. The Morgan fingerprint density at radius 1 is 1.45 bits per heavy atom. The smallest absolute Gasteiger partial charge is 0.329 e. The Hall–Kier alpha value is -1.11. The third-order valence-corrected chi connectivity index (χ3v) is 3.67. The van der Waals surface area contributed by atoms with Gasteiger partial charge in [0.1, 0.15) is 12.2 Å². The Bertz CT molecular complexity index is 537. The number of carboxylic acid groups (broad SMARTS) is 1. The molecule has 0 unspecified atom stereocenters. The quantitative estimate of drug-likeness (QED) is 0.893. The Morgan fingerprint density at radius 2 is 2.10 bits per heavy atom. The van der Waals surface area contributed by atoms with Crippen LogP contribution in [0.1, 0.15) is 17.3 Å². The van der Waals surface area contributed by atoms with E-state index in [1.54, 1.807) is 30.0 Å². The Balaban J connectivity index is 1.98. The molecule has 0 aromatic heterocycles. The molecule has 108 valence electrons. The minimum atomic E-state index is -1.02. The van der Waals surface area contributed by atoms with Crippen molar-refractivity contribution in [3.8, 4) is 0 Å². The summed E-state index contributed by atoms with van der Waals surface area (Å²) in [5.41, 5.74) is -0.103. The van der Waals surface area contributed by atoms with Crippen LogP contribution in [0.4, 0.5) is 0 Å². The van der Waals surface area contributed by atoms with Crippen molar-refractivity contribution < 1.29 is 19.4 Å². The normalized spacial score (nSPS) is 16.6. The zero-order valence-corrected chi connectivity index (χ0v) is 13.1. The predicted molar refractivity (Wildman–Crippen MR) is 77.0 cm³/mol. The summed E-state index contributed by atoms with van der Waals surface area (Å²) in [6, 6.07) is 5.00. The van der Waals surface area contributed by atoms with Gasteiger partial charge in [-0.25, -0.2) is 4.79 Å². The van der Waals surface area contributed by atoms with Gasteiger partial charge in [-0.2, -0.15) is 0 Å². The average Bonchev–Trinajstić information content (AvgIpc) is 2.31. The fourth-order valence-corrected chi connectivity index (χ4v) is 2.95. The van der Waals surface area contributed by atoms with E-state index in [4.69, 9.17) is 21.4 Å². The molecule has 20 heavy (non-hydrogen) atoms. The summed E-state index contributed by atoms with van der Waals surface area (Å²) in [6.45, 7) is 2.15. The summed E-state index contributed by atoms with van der Waals surface area (Å²) in [5.74, 6) is -1.17. The molecule has 1 aliphatic heterocycles. The highest BCUT2D eigenvalue weighted by atomic mass is 79.9. The maximum Gasteiger partial charge on any atom is 0.329 e. The van der Waals surface area contributed by atoms with Crippen LogP contribution >= 0.6 is 27.5 Å². The molecular formula is C13H13BrClNO4. The first kappa shape index (κ1) is 15.3. The molecule has 0 aliphatic carbocycles. The lowest BCUT2D eigenvalue weighted by Gasteiger charge is -2.47. The number of carbonyl (C=O) groups is 2. The molecule has 1 aromatic carbocycles. The fraction of sp³-hybridized carbons (Fsp3) is 0.385. The minimum absolute atomic E-state index is 0.149. The first-order chi connectivity index (χ1) is 9.29. The Morgan fingerprint density at radius 3 is 2.65 bits per heavy atom. The number of aliphatic carboxylic acids is 1. The second-order valence-corrected chi connectivity index (χ2v) is 6.30. The number of hydrogen-bond donors (Lipinski definition) is 1. The van der Waals surface area contributed by atoms with Crippen molar-refractivity contribution in [1.29, 1.82) is 0 Å². The van der Waals surface area contributed by atoms with Gasteiger partial charge in [0.2, 0.25) is 0 Å². The molecule has 2 rings (SSSR count). The van der Waals surface area contributed by atoms with Crippen LogP contribution in [0.2, 0.25) is 5.02 Å². The van der Waals surface area contributed by atoms with Crippen LogP contribution in [0.25, 0.3) is 0 Å². The number of rotatable bonds is 4. The number of nitrogens with zero attached hydrogens (tertiary/aromatic N) is 1. The van der Waals surface area contributed by atoms with E-state index in [1.165, 1.54) is 0 Å². The molecule has 1 saturated heterocycles. The molecule has 7 heteroatoms. The Labute approximate surface area is 129 Å². The van der Waals surface area contributed by atoms with Crippen molar-refractivity contribution in [1.82, 2.24) is 4.90 Å². The molecule has 1 heterocycles. The summed E-state index contributed by atoms with van der Waals surface area (Å²) in [6.07, 6.45) is 0. The summed E-state index contributed by atoms with van der Waals surface area (Å²) in [5, 5.41) is 9.06. The van der Waals surface area contributed by atoms with Gasteiger partial charge in [-0.15, -0.1) is 0 Å². The molecule has 5 nitrogen and oxygen atoms in total. The van der Waals surface area contributed by atoms with E-state index in [-0.39, 0.29) is 12.5 Å². The number of ether oxygens (including phenoxy) is 1. The molecule has 1 aromatic rings. The van der Waals surface area contributed by atoms with Crippen LogP contribution in [0.15, 0.2) is 22.7 Å². The SMILES string of the molecule is CC1(OCC(=O)O)CN(C(=O)c2cc(Cl)cc(Br)c2)C1. The van der Waals surface area contributed by atoms with E-state index in [1.807, 2.05) is 0 Å². The number of benzene rings is 1. The summed E-state index contributed by atoms with van der Waals surface area (Å²) >= 11 is 9.20. The molecule has 0 spiro atoms. The number of carbonyl (C=O) groups excluding carboxylic acids is 1. The largest absolute Gasteiger partial charge is 0.480 e. The van der Waals surface area contributed by atoms with Crippen molar-refractivity contribution >= 4 is 39.4 Å². The lowest BCUT2D eigenvalue weighted by atomic mass is 9.95. The molecule has 0 radical (unpaired) electrons. The standard InChI is InChI=1S/C13H13BrClNO4/c1-13(20-5-11(17)18)6-16(7-13)12(19)8-2-9(14)4-10(15)3-8/h2-4H,5-7H2,1H3,(H,17,18). The van der Waals surface area contributed by atoms with E-state index in [0.717, 1.165) is 4.47 Å². The van der Waals surface area contributed by atoms with Crippen LogP contribution in [0, 0.1) is 0 Å². The van der Waals surface area contributed by atoms with Gasteiger partial charge in [-0.1, -0.05) is 27.5 Å². The average molecular weight is 363 g/mol. The maximum absolute atomic E-state index is 12.2. The maximum atomic E-state index is 12.2. The topological polar surface area (TPSA) is 66.8 Å². The van der Waals surface area contributed by atoms with Crippen molar-refractivity contribution in [3.63, 3.8) is 0 Å². The monoisotopic (exact) mass is 361 g/mol. The second-order valence-electron chi connectivity index (χ2n) is 4.95. The molecule has 1 N–H and O–H groups in total. The highest BCUT2D eigenvalue weighted by molar-refractivity contribution is 9.10. The van der Waals surface area contributed by atoms with Crippen LogP contribution in [-0.4, -0.2) is 47.2 Å². The van der Waals surface area contributed by atoms with E-state index >= 15 is 0 Å². The van der Waals surface area contributed by atoms with Crippen LogP contribution in [0.5, 0.6) is 0 Å². The zero-order chi connectivity index (χ0) is 14.9. The van der Waals surface area contributed by atoms with E-state index in [0.29, 0.717) is 23.7 Å². The number of amides is 1. The van der Waals surface area contributed by atoms with Gasteiger partial charge in [0, 0.05) is 15.1 Å². The summed E-state index contributed by atoms with van der Waals surface area (Å²) in [4.78, 5) is 24.3. The second kappa shape index (κ2) is 5.71. The van der Waals surface area contributed by atoms with Gasteiger partial charge in [0.15, 0.2) is 0 Å². The van der Waals surface area contributed by atoms with Gasteiger partial charge < -0.3 is 14.7 Å². The van der Waals surface area contributed by atoms with E-state index in [2.05, 4.69) is 15.9 Å². The first-order valence-corrected chi connectivity index (χ1v) is 7.07. The fourth-order valence-electron chi connectivity index (χ4n) is 2.09. The van der Waals surface area contributed by atoms with Gasteiger partial charge in [0.05, 0.1) is 13.1 Å². The van der Waals surface area contributed by atoms with E-state index < -0.39 is 11.6 Å². The third kappa shape index (κ3) is 3.50. The molecular weight excluding hydrogens is 350 g/mol. The number of carboxylic acids is 1. The van der Waals surface area contributed by atoms with Crippen molar-refractivity contribution in [2.45, 2.75) is 12.5 Å². The summed E-state index contributed by atoms with van der Waals surface area (Å²) in [7, 11) is 0. The van der Waals surface area contributed by atoms with Crippen molar-refractivity contribution in [2.24, 2.45) is 0 Å². The lowest BCUT2D eigenvalue weighted by Crippen LogP contribution is -2.63. The zero-order valence-electron chi connectivity index (χ0n) is 10.7. The van der Waals surface area contributed by atoms with Crippen molar-refractivity contribution in [3.05, 3.63) is 33.3 Å². The van der Waals surface area contributed by atoms with Crippen LogP contribution < -0.4 is 0 Å². The number of hydrogen-bond acceptors (Lipinski definition) is 3. The van der Waals surface area contributed by atoms with Gasteiger partial charge in [0.25, 0.3) is 5.91 Å². The summed E-state index contributed by atoms with van der Waals surface area (Å²) < 4.78 is 6.00. The molecule has 0 bridgehead atoms. The number of halogens is 2. The van der Waals surface area contributed by atoms with Crippen LogP contribution in [-0.2, 0) is 9.53 Å². The third-order valence-electron chi connectivity index (χ3n) is 2.99. The van der Waals surface area contributed by atoms with E-state index in [9.17, 15) is 9.59 Å². The minimum Gasteiger partial charge on any atom is -0.480 e. The molecule has 1 fully saturated rings. The predicted octanol–water partition coefficient (Wildman–Crippen LogP) is 2.42. The highest BCUT2D eigenvalue weighted by Crippen LogP contribution is 2.28. The number of likely N-dealkylation sites (tertiary alicyclic amines) is 1. The van der Waals surface area contributed by atoms with Gasteiger partial charge in [-0.3, -0.25) is 4.79 Å². The van der Waals surface area contributed by atoms with Gasteiger partial charge >= 0.3 is 5.97 Å². The molecule has 0 saturated carbocycles.